The molecular weight excluding hydrogens is 270 g/mol. The van der Waals surface area contributed by atoms with Gasteiger partial charge in [0, 0.05) is 30.4 Å². The van der Waals surface area contributed by atoms with Crippen LogP contribution in [0.3, 0.4) is 0 Å². The van der Waals surface area contributed by atoms with Crippen LogP contribution in [0, 0.1) is 13.8 Å². The molecule has 0 radical (unpaired) electrons. The van der Waals surface area contributed by atoms with E-state index in [9.17, 15) is 4.79 Å². The minimum Gasteiger partial charge on any atom is -0.496 e. The van der Waals surface area contributed by atoms with Gasteiger partial charge in [-0.25, -0.2) is 0 Å². The highest BCUT2D eigenvalue weighted by atomic mass is 16.5. The van der Waals surface area contributed by atoms with E-state index in [1.165, 1.54) is 0 Å². The number of nitrogens with two attached hydrogens (primary N) is 1. The van der Waals surface area contributed by atoms with Gasteiger partial charge in [0.1, 0.15) is 11.8 Å². The molecule has 1 aromatic rings. The number of morpholine rings is 1. The minimum atomic E-state index is -0.424. The summed E-state index contributed by atoms with van der Waals surface area (Å²) in [5, 5.41) is 0. The lowest BCUT2D eigenvalue weighted by molar-refractivity contribution is -0.136. The van der Waals surface area contributed by atoms with Gasteiger partial charge in [-0.15, -0.1) is 0 Å². The van der Waals surface area contributed by atoms with Crippen LogP contribution in [-0.2, 0) is 16.1 Å². The number of hydrogen-bond donors (Lipinski definition) is 1. The second-order valence-corrected chi connectivity index (χ2v) is 5.44. The Morgan fingerprint density at radius 3 is 2.90 bits per heavy atom. The number of rotatable bonds is 4. The van der Waals surface area contributed by atoms with Crippen molar-refractivity contribution in [3.05, 3.63) is 23.0 Å². The molecule has 1 aliphatic heterocycles. The molecule has 6 nitrogen and oxygen atoms in total. The van der Waals surface area contributed by atoms with E-state index >= 15 is 0 Å². The van der Waals surface area contributed by atoms with E-state index in [1.807, 2.05) is 25.7 Å². The number of pyridine rings is 1. The molecule has 0 saturated carbocycles. The van der Waals surface area contributed by atoms with Gasteiger partial charge < -0.3 is 15.2 Å². The molecule has 0 aliphatic carbocycles. The van der Waals surface area contributed by atoms with Crippen LogP contribution in [0.25, 0.3) is 0 Å². The summed E-state index contributed by atoms with van der Waals surface area (Å²) in [4.78, 5) is 18.2. The molecular formula is C15H23N3O3. The third-order valence-electron chi connectivity index (χ3n) is 3.99. The van der Waals surface area contributed by atoms with Crippen molar-refractivity contribution in [3.63, 3.8) is 0 Å². The topological polar surface area (TPSA) is 77.7 Å². The van der Waals surface area contributed by atoms with Crippen molar-refractivity contribution in [1.29, 1.82) is 0 Å². The number of hydrogen-bond acceptors (Lipinski definition) is 5. The molecule has 1 aromatic heterocycles. The first-order chi connectivity index (χ1) is 9.95. The average molecular weight is 293 g/mol. The molecule has 2 N–H and O–H groups in total. The largest absolute Gasteiger partial charge is 0.496 e. The van der Waals surface area contributed by atoms with Gasteiger partial charge in [0.15, 0.2) is 0 Å². The Hall–Kier alpha value is -1.66. The number of carbonyl (C=O) groups is 1. The van der Waals surface area contributed by atoms with E-state index in [1.54, 1.807) is 13.3 Å². The fourth-order valence-electron chi connectivity index (χ4n) is 2.89. The van der Waals surface area contributed by atoms with Gasteiger partial charge in [-0.1, -0.05) is 0 Å². The van der Waals surface area contributed by atoms with Crippen LogP contribution in [0.5, 0.6) is 5.75 Å². The number of nitrogens with zero attached hydrogens (tertiary/aromatic N) is 2. The zero-order valence-corrected chi connectivity index (χ0v) is 13.0. The molecule has 0 aromatic carbocycles. The predicted octanol–water partition coefficient (Wildman–Crippen LogP) is 0.782. The summed E-state index contributed by atoms with van der Waals surface area (Å²) in [5.74, 6) is 0.482. The summed E-state index contributed by atoms with van der Waals surface area (Å²) >= 11 is 0. The Bertz CT molecular complexity index is 533. The molecule has 1 saturated heterocycles. The SMILES string of the molecule is COc1c(C)cnc(CN2CCO[C@H](C)[C@H]2C(N)=O)c1C. The molecule has 1 fully saturated rings. The second-order valence-electron chi connectivity index (χ2n) is 5.44. The van der Waals surface area contributed by atoms with Crippen LogP contribution in [-0.4, -0.2) is 48.2 Å². The molecule has 21 heavy (non-hydrogen) atoms. The van der Waals surface area contributed by atoms with Gasteiger partial charge in [0.25, 0.3) is 0 Å². The first-order valence-electron chi connectivity index (χ1n) is 7.09. The van der Waals surface area contributed by atoms with Crippen molar-refractivity contribution < 1.29 is 14.3 Å². The minimum absolute atomic E-state index is 0.205. The molecule has 2 rings (SSSR count). The van der Waals surface area contributed by atoms with Gasteiger partial charge in [-0.2, -0.15) is 0 Å². The Kier molecular flexibility index (Phi) is 4.80. The monoisotopic (exact) mass is 293 g/mol. The summed E-state index contributed by atoms with van der Waals surface area (Å²) in [7, 11) is 1.65. The molecule has 116 valence electrons. The summed E-state index contributed by atoms with van der Waals surface area (Å²) in [6.07, 6.45) is 1.59. The maximum Gasteiger partial charge on any atom is 0.237 e. The highest BCUT2D eigenvalue weighted by Crippen LogP contribution is 2.26. The molecule has 6 heteroatoms. The maximum atomic E-state index is 11.7. The molecule has 1 amide bonds. The van der Waals surface area contributed by atoms with E-state index in [0.717, 1.165) is 22.6 Å². The third kappa shape index (κ3) is 3.16. The van der Waals surface area contributed by atoms with Crippen molar-refractivity contribution >= 4 is 5.91 Å². The van der Waals surface area contributed by atoms with E-state index in [4.69, 9.17) is 15.2 Å². The van der Waals surface area contributed by atoms with Crippen molar-refractivity contribution in [2.75, 3.05) is 20.3 Å². The molecule has 2 atom stereocenters. The standard InChI is InChI=1S/C15H23N3O3/c1-9-7-17-12(10(2)14(9)20-4)8-18-5-6-21-11(3)13(18)15(16)19/h7,11,13H,5-6,8H2,1-4H3,(H2,16,19)/t11-,13+/m1/s1. The van der Waals surface area contributed by atoms with Crippen LogP contribution in [0.2, 0.25) is 0 Å². The Morgan fingerprint density at radius 1 is 1.57 bits per heavy atom. The van der Waals surface area contributed by atoms with Crippen LogP contribution in [0.1, 0.15) is 23.7 Å². The van der Waals surface area contributed by atoms with Gasteiger partial charge in [-0.3, -0.25) is 14.7 Å². The van der Waals surface area contributed by atoms with Gasteiger partial charge in [-0.05, 0) is 20.8 Å². The van der Waals surface area contributed by atoms with Gasteiger partial charge >= 0.3 is 0 Å². The van der Waals surface area contributed by atoms with E-state index in [2.05, 4.69) is 4.98 Å². The first kappa shape index (κ1) is 15.7. The molecule has 0 bridgehead atoms. The first-order valence-corrected chi connectivity index (χ1v) is 7.09. The Labute approximate surface area is 125 Å². The summed E-state index contributed by atoms with van der Waals surface area (Å²) in [6, 6.07) is -0.424. The van der Waals surface area contributed by atoms with Crippen molar-refractivity contribution in [1.82, 2.24) is 9.88 Å². The van der Waals surface area contributed by atoms with E-state index < -0.39 is 6.04 Å². The lowest BCUT2D eigenvalue weighted by Gasteiger charge is -2.37. The lowest BCUT2D eigenvalue weighted by atomic mass is 10.1. The smallest absolute Gasteiger partial charge is 0.237 e. The summed E-state index contributed by atoms with van der Waals surface area (Å²) < 4.78 is 11.0. The van der Waals surface area contributed by atoms with Crippen LogP contribution < -0.4 is 10.5 Å². The van der Waals surface area contributed by atoms with Crippen LogP contribution >= 0.6 is 0 Å². The quantitative estimate of drug-likeness (QED) is 0.887. The predicted molar refractivity (Wildman–Crippen MR) is 79.1 cm³/mol. The number of methoxy groups -OCH3 is 1. The number of aryl methyl sites for hydroxylation is 1. The summed E-state index contributed by atoms with van der Waals surface area (Å²) in [6.45, 7) is 7.63. The van der Waals surface area contributed by atoms with E-state index in [0.29, 0.717) is 19.7 Å². The fraction of sp³-hybridized carbons (Fsp3) is 0.600. The number of aromatic nitrogens is 1. The zero-order valence-electron chi connectivity index (χ0n) is 13.0. The van der Waals surface area contributed by atoms with Crippen molar-refractivity contribution in [3.8, 4) is 5.75 Å². The zero-order chi connectivity index (χ0) is 15.6. The number of carbonyl (C=O) groups excluding carboxylic acids is 1. The van der Waals surface area contributed by atoms with Crippen LogP contribution in [0.15, 0.2) is 6.20 Å². The molecule has 2 heterocycles. The third-order valence-corrected chi connectivity index (χ3v) is 3.99. The summed E-state index contributed by atoms with van der Waals surface area (Å²) in [5.41, 5.74) is 8.42. The fourth-order valence-corrected chi connectivity index (χ4v) is 2.89. The Balaban J connectivity index is 2.26. The van der Waals surface area contributed by atoms with Gasteiger partial charge in [0.2, 0.25) is 5.91 Å². The van der Waals surface area contributed by atoms with Gasteiger partial charge in [0.05, 0.1) is 25.5 Å². The maximum absolute atomic E-state index is 11.7. The van der Waals surface area contributed by atoms with Crippen LogP contribution in [0.4, 0.5) is 0 Å². The van der Waals surface area contributed by atoms with E-state index in [-0.39, 0.29) is 12.0 Å². The van der Waals surface area contributed by atoms with Crippen molar-refractivity contribution in [2.24, 2.45) is 5.73 Å². The molecule has 0 spiro atoms. The lowest BCUT2D eigenvalue weighted by Crippen LogP contribution is -2.56. The second kappa shape index (κ2) is 6.41. The Morgan fingerprint density at radius 2 is 2.29 bits per heavy atom. The van der Waals surface area contributed by atoms with Crippen molar-refractivity contribution in [2.45, 2.75) is 39.5 Å². The molecule has 1 aliphatic rings. The number of ether oxygens (including phenoxy) is 2. The highest BCUT2D eigenvalue weighted by Gasteiger charge is 2.34. The molecule has 0 unspecified atom stereocenters. The highest BCUT2D eigenvalue weighted by molar-refractivity contribution is 5.80. The number of primary amides is 1. The normalized spacial score (nSPS) is 23.0. The average Bonchev–Trinajstić information content (AvgIpc) is 2.42. The number of amides is 1.